The predicted molar refractivity (Wildman–Crippen MR) is 53.7 cm³/mol. The fraction of sp³-hybridized carbons (Fsp3) is 0.400. The van der Waals surface area contributed by atoms with Crippen LogP contribution in [0.4, 0.5) is 0 Å². The van der Waals surface area contributed by atoms with Gasteiger partial charge in [-0.3, -0.25) is 0 Å². The average Bonchev–Trinajstić information content (AvgIpc) is 2.33. The van der Waals surface area contributed by atoms with Gasteiger partial charge < -0.3 is 5.73 Å². The third-order valence-electron chi connectivity index (χ3n) is 2.43. The Morgan fingerprint density at radius 3 is 2.92 bits per heavy atom. The zero-order valence-corrected chi connectivity index (χ0v) is 8.03. The Balaban J connectivity index is 0.000000720. The minimum absolute atomic E-state index is 0. The molecule has 0 amide bonds. The summed E-state index contributed by atoms with van der Waals surface area (Å²) in [7, 11) is 0. The van der Waals surface area contributed by atoms with Crippen molar-refractivity contribution < 1.29 is 0 Å². The third-order valence-corrected chi connectivity index (χ3v) is 2.43. The Hall–Kier alpha value is -0.530. The summed E-state index contributed by atoms with van der Waals surface area (Å²) in [5, 5.41) is 0. The monoisotopic (exact) mass is 183 g/mol. The normalized spacial score (nSPS) is 20.0. The first-order valence-electron chi connectivity index (χ1n) is 4.12. The van der Waals surface area contributed by atoms with Crippen LogP contribution in [0.1, 0.15) is 29.2 Å². The van der Waals surface area contributed by atoms with Crippen molar-refractivity contribution in [3.05, 3.63) is 34.9 Å². The fourth-order valence-corrected chi connectivity index (χ4v) is 1.75. The largest absolute Gasteiger partial charge is 0.324 e. The first-order valence-corrected chi connectivity index (χ1v) is 4.12. The summed E-state index contributed by atoms with van der Waals surface area (Å²) in [6.07, 6.45) is 2.29. The third kappa shape index (κ3) is 1.47. The lowest BCUT2D eigenvalue weighted by Crippen LogP contribution is -2.05. The zero-order chi connectivity index (χ0) is 7.84. The lowest BCUT2D eigenvalue weighted by atomic mass is 10.1. The van der Waals surface area contributed by atoms with Crippen molar-refractivity contribution >= 4 is 12.4 Å². The Morgan fingerprint density at radius 2 is 2.17 bits per heavy atom. The molecule has 0 radical (unpaired) electrons. The molecule has 1 atom stereocenters. The highest BCUT2D eigenvalue weighted by atomic mass is 35.5. The molecule has 0 aromatic heterocycles. The second-order valence-electron chi connectivity index (χ2n) is 3.35. The van der Waals surface area contributed by atoms with Gasteiger partial charge in [-0.05, 0) is 30.9 Å². The van der Waals surface area contributed by atoms with E-state index in [1.807, 2.05) is 0 Å². The molecule has 0 saturated carbocycles. The Morgan fingerprint density at radius 1 is 1.42 bits per heavy atom. The quantitative estimate of drug-likeness (QED) is 0.657. The van der Waals surface area contributed by atoms with Crippen LogP contribution in [0.5, 0.6) is 0 Å². The number of nitrogens with two attached hydrogens (primary N) is 1. The number of aryl methyl sites for hydroxylation is 2. The van der Waals surface area contributed by atoms with Crippen molar-refractivity contribution in [2.45, 2.75) is 25.8 Å². The zero-order valence-electron chi connectivity index (χ0n) is 7.21. The van der Waals surface area contributed by atoms with Crippen LogP contribution < -0.4 is 5.73 Å². The highest BCUT2D eigenvalue weighted by Crippen LogP contribution is 2.29. The van der Waals surface area contributed by atoms with Gasteiger partial charge in [-0.1, -0.05) is 23.8 Å². The van der Waals surface area contributed by atoms with Crippen LogP contribution in [0.2, 0.25) is 0 Å². The van der Waals surface area contributed by atoms with E-state index in [1.54, 1.807) is 0 Å². The van der Waals surface area contributed by atoms with Gasteiger partial charge in [-0.25, -0.2) is 0 Å². The summed E-state index contributed by atoms with van der Waals surface area (Å²) in [5.74, 6) is 0. The van der Waals surface area contributed by atoms with E-state index in [9.17, 15) is 0 Å². The molecular weight excluding hydrogens is 170 g/mol. The SMILES string of the molecule is Cc1ccc2c(c1)[C@H](N)CC2.Cl. The number of halogens is 1. The second kappa shape index (κ2) is 3.46. The van der Waals surface area contributed by atoms with E-state index >= 15 is 0 Å². The molecule has 66 valence electrons. The van der Waals surface area contributed by atoms with E-state index in [0.29, 0.717) is 6.04 Å². The van der Waals surface area contributed by atoms with Gasteiger partial charge in [0.15, 0.2) is 0 Å². The molecule has 1 aliphatic carbocycles. The first-order chi connectivity index (χ1) is 5.27. The van der Waals surface area contributed by atoms with Crippen molar-refractivity contribution in [2.75, 3.05) is 0 Å². The van der Waals surface area contributed by atoms with E-state index in [1.165, 1.54) is 16.7 Å². The van der Waals surface area contributed by atoms with Gasteiger partial charge in [0.25, 0.3) is 0 Å². The van der Waals surface area contributed by atoms with Crippen molar-refractivity contribution in [1.82, 2.24) is 0 Å². The number of hydrogen-bond donors (Lipinski definition) is 1. The van der Waals surface area contributed by atoms with E-state index in [-0.39, 0.29) is 12.4 Å². The molecule has 0 aliphatic heterocycles. The maximum atomic E-state index is 5.92. The highest BCUT2D eigenvalue weighted by Gasteiger charge is 2.17. The van der Waals surface area contributed by atoms with Crippen LogP contribution in [0.15, 0.2) is 18.2 Å². The lowest BCUT2D eigenvalue weighted by molar-refractivity contribution is 0.713. The molecule has 0 spiro atoms. The van der Waals surface area contributed by atoms with Crippen molar-refractivity contribution in [3.8, 4) is 0 Å². The maximum Gasteiger partial charge on any atom is 0.0300 e. The molecule has 1 nitrogen and oxygen atoms in total. The van der Waals surface area contributed by atoms with Gasteiger partial charge in [-0.2, -0.15) is 0 Å². The van der Waals surface area contributed by atoms with E-state index in [2.05, 4.69) is 25.1 Å². The molecule has 2 rings (SSSR count). The minimum Gasteiger partial charge on any atom is -0.324 e. The predicted octanol–water partition coefficient (Wildman–Crippen LogP) is 2.36. The Kier molecular flexibility index (Phi) is 2.76. The molecule has 1 aliphatic rings. The van der Waals surface area contributed by atoms with Gasteiger partial charge in [0, 0.05) is 6.04 Å². The summed E-state index contributed by atoms with van der Waals surface area (Å²) < 4.78 is 0. The molecule has 0 bridgehead atoms. The van der Waals surface area contributed by atoms with E-state index in [4.69, 9.17) is 5.73 Å². The number of fused-ring (bicyclic) bond motifs is 1. The van der Waals surface area contributed by atoms with Crippen molar-refractivity contribution in [3.63, 3.8) is 0 Å². The van der Waals surface area contributed by atoms with Crippen LogP contribution in [-0.2, 0) is 6.42 Å². The van der Waals surface area contributed by atoms with Crippen LogP contribution >= 0.6 is 12.4 Å². The molecular formula is C10H14ClN. The van der Waals surface area contributed by atoms with E-state index < -0.39 is 0 Å². The molecule has 0 saturated heterocycles. The summed E-state index contributed by atoms with van der Waals surface area (Å²) in [6.45, 7) is 2.12. The molecule has 2 heteroatoms. The molecule has 0 fully saturated rings. The summed E-state index contributed by atoms with van der Waals surface area (Å²) in [6, 6.07) is 6.88. The number of rotatable bonds is 0. The summed E-state index contributed by atoms with van der Waals surface area (Å²) in [5.41, 5.74) is 10.0. The van der Waals surface area contributed by atoms with Crippen LogP contribution in [-0.4, -0.2) is 0 Å². The van der Waals surface area contributed by atoms with Crippen molar-refractivity contribution in [2.24, 2.45) is 5.73 Å². The highest BCUT2D eigenvalue weighted by molar-refractivity contribution is 5.85. The smallest absolute Gasteiger partial charge is 0.0300 e. The average molecular weight is 184 g/mol. The maximum absolute atomic E-state index is 5.92. The minimum atomic E-state index is 0. The van der Waals surface area contributed by atoms with Crippen LogP contribution in [0, 0.1) is 6.92 Å². The first kappa shape index (κ1) is 9.56. The molecule has 1 aromatic rings. The number of hydrogen-bond acceptors (Lipinski definition) is 1. The Labute approximate surface area is 79.4 Å². The van der Waals surface area contributed by atoms with Gasteiger partial charge in [0.1, 0.15) is 0 Å². The van der Waals surface area contributed by atoms with Gasteiger partial charge in [0.05, 0.1) is 0 Å². The van der Waals surface area contributed by atoms with Gasteiger partial charge in [0.2, 0.25) is 0 Å². The molecule has 1 aromatic carbocycles. The standard InChI is InChI=1S/C10H13N.ClH/c1-7-2-3-8-4-5-10(11)9(8)6-7;/h2-3,6,10H,4-5,11H2,1H3;1H/t10-;/m1./s1. The molecule has 12 heavy (non-hydrogen) atoms. The molecule has 2 N–H and O–H groups in total. The second-order valence-corrected chi connectivity index (χ2v) is 3.35. The summed E-state index contributed by atoms with van der Waals surface area (Å²) >= 11 is 0. The van der Waals surface area contributed by atoms with Gasteiger partial charge in [-0.15, -0.1) is 12.4 Å². The fourth-order valence-electron chi connectivity index (χ4n) is 1.75. The molecule has 0 heterocycles. The number of benzene rings is 1. The van der Waals surface area contributed by atoms with Gasteiger partial charge >= 0.3 is 0 Å². The van der Waals surface area contributed by atoms with Crippen LogP contribution in [0.25, 0.3) is 0 Å². The van der Waals surface area contributed by atoms with E-state index in [0.717, 1.165) is 12.8 Å². The molecule has 0 unspecified atom stereocenters. The summed E-state index contributed by atoms with van der Waals surface area (Å²) in [4.78, 5) is 0. The Bertz CT molecular complexity index is 283. The van der Waals surface area contributed by atoms with Crippen molar-refractivity contribution in [1.29, 1.82) is 0 Å². The topological polar surface area (TPSA) is 26.0 Å². The van der Waals surface area contributed by atoms with Crippen LogP contribution in [0.3, 0.4) is 0 Å². The lowest BCUT2D eigenvalue weighted by Gasteiger charge is -2.04.